The van der Waals surface area contributed by atoms with Gasteiger partial charge in [-0.15, -0.1) is 0 Å². The second kappa shape index (κ2) is 7.91. The number of carbonyl (C=O) groups excluding carboxylic acids is 1. The molecule has 0 unspecified atom stereocenters. The fourth-order valence-electron chi connectivity index (χ4n) is 3.58. The van der Waals surface area contributed by atoms with E-state index in [1.807, 2.05) is 0 Å². The summed E-state index contributed by atoms with van der Waals surface area (Å²) < 4.78 is 90.3. The number of halogens is 5. The van der Waals surface area contributed by atoms with Gasteiger partial charge in [-0.2, -0.15) is 13.2 Å². The Hall–Kier alpha value is -3.34. The van der Waals surface area contributed by atoms with Gasteiger partial charge in [0.05, 0.1) is 22.7 Å². The molecule has 11 heteroatoms. The smallest absolute Gasteiger partial charge is 0.328 e. The summed E-state index contributed by atoms with van der Waals surface area (Å²) in [5.74, 6) is -2.94. The number of nitrogens with zero attached hydrogens (tertiary/aromatic N) is 2. The summed E-state index contributed by atoms with van der Waals surface area (Å²) in [5.41, 5.74) is -0.292. The predicted octanol–water partition coefficient (Wildman–Crippen LogP) is 4.61. The summed E-state index contributed by atoms with van der Waals surface area (Å²) >= 11 is 0. The number of alkyl halides is 3. The monoisotopic (exact) mass is 482 g/mol. The summed E-state index contributed by atoms with van der Waals surface area (Å²) in [5, 5.41) is 0. The third-order valence-corrected chi connectivity index (χ3v) is 6.37. The van der Waals surface area contributed by atoms with Crippen LogP contribution in [-0.2, 0) is 29.1 Å². The zero-order chi connectivity index (χ0) is 24.1. The molecule has 0 aliphatic carbocycles. The number of hydrogen-bond donors (Lipinski definition) is 0. The first-order valence-corrected chi connectivity index (χ1v) is 11.4. The first kappa shape index (κ1) is 22.8. The molecule has 1 amide bonds. The number of benzene rings is 2. The third-order valence-electron chi connectivity index (χ3n) is 5.26. The Labute approximate surface area is 185 Å². The van der Waals surface area contributed by atoms with E-state index in [4.69, 9.17) is 0 Å². The number of carbonyl (C=O) groups is 1. The zero-order valence-corrected chi connectivity index (χ0v) is 17.8. The van der Waals surface area contributed by atoms with Crippen molar-refractivity contribution in [1.29, 1.82) is 0 Å². The zero-order valence-electron chi connectivity index (χ0n) is 17.0. The van der Waals surface area contributed by atoms with E-state index in [2.05, 4.69) is 4.98 Å². The highest BCUT2D eigenvalue weighted by Gasteiger charge is 2.34. The van der Waals surface area contributed by atoms with Crippen LogP contribution in [0.25, 0.3) is 11.1 Å². The van der Waals surface area contributed by atoms with Gasteiger partial charge >= 0.3 is 6.18 Å². The highest BCUT2D eigenvalue weighted by Crippen LogP contribution is 2.34. The molecule has 1 aliphatic heterocycles. The fourth-order valence-corrected chi connectivity index (χ4v) is 4.22. The second-order valence-corrected chi connectivity index (χ2v) is 9.61. The van der Waals surface area contributed by atoms with Crippen molar-refractivity contribution < 1.29 is 35.2 Å². The molecule has 3 aromatic rings. The number of hydrogen-bond acceptors (Lipinski definition) is 4. The van der Waals surface area contributed by atoms with E-state index in [-0.39, 0.29) is 45.9 Å². The molecular weight excluding hydrogens is 467 g/mol. The lowest BCUT2D eigenvalue weighted by Crippen LogP contribution is -2.26. The van der Waals surface area contributed by atoms with Gasteiger partial charge in [0.2, 0.25) is 0 Å². The van der Waals surface area contributed by atoms with Gasteiger partial charge in [0, 0.05) is 24.6 Å². The average molecular weight is 482 g/mol. The number of amides is 1. The first-order valence-electron chi connectivity index (χ1n) is 9.48. The molecule has 1 aromatic heterocycles. The molecule has 4 rings (SSSR count). The number of sulfone groups is 1. The quantitative estimate of drug-likeness (QED) is 0.512. The summed E-state index contributed by atoms with van der Waals surface area (Å²) in [6, 6.07) is 7.55. The Morgan fingerprint density at radius 1 is 1.00 bits per heavy atom. The van der Waals surface area contributed by atoms with E-state index in [9.17, 15) is 35.2 Å². The Bertz CT molecular complexity index is 1390. The van der Waals surface area contributed by atoms with Crippen LogP contribution in [0.3, 0.4) is 0 Å². The van der Waals surface area contributed by atoms with Crippen LogP contribution in [0.4, 0.5) is 22.0 Å². The van der Waals surface area contributed by atoms with Crippen molar-refractivity contribution in [3.63, 3.8) is 0 Å². The Morgan fingerprint density at radius 3 is 2.36 bits per heavy atom. The maximum atomic E-state index is 13.8. The minimum atomic E-state index is -4.59. The van der Waals surface area contributed by atoms with Gasteiger partial charge < -0.3 is 4.90 Å². The maximum absolute atomic E-state index is 13.8. The number of pyridine rings is 1. The topological polar surface area (TPSA) is 67.3 Å². The van der Waals surface area contributed by atoms with Gasteiger partial charge in [-0.25, -0.2) is 17.2 Å². The molecule has 172 valence electrons. The van der Waals surface area contributed by atoms with Crippen molar-refractivity contribution in [2.45, 2.75) is 24.2 Å². The number of fused-ring (bicyclic) bond motifs is 1. The molecule has 0 radical (unpaired) electrons. The van der Waals surface area contributed by atoms with Crippen molar-refractivity contribution in [1.82, 2.24) is 9.88 Å². The van der Waals surface area contributed by atoms with Gasteiger partial charge in [0.25, 0.3) is 5.91 Å². The summed E-state index contributed by atoms with van der Waals surface area (Å²) in [6.07, 6.45) is -2.96. The summed E-state index contributed by atoms with van der Waals surface area (Å²) in [6.45, 7) is -0.266. The van der Waals surface area contributed by atoms with Crippen molar-refractivity contribution in [3.05, 3.63) is 82.7 Å². The van der Waals surface area contributed by atoms with Crippen LogP contribution >= 0.6 is 0 Å². The molecule has 2 heterocycles. The van der Waals surface area contributed by atoms with Crippen LogP contribution in [0.2, 0.25) is 0 Å². The molecule has 0 saturated heterocycles. The predicted molar refractivity (Wildman–Crippen MR) is 108 cm³/mol. The first-order chi connectivity index (χ1) is 15.3. The number of rotatable bonds is 3. The van der Waals surface area contributed by atoms with Gasteiger partial charge in [0.1, 0.15) is 0 Å². The average Bonchev–Trinajstić information content (AvgIpc) is 3.17. The second-order valence-electron chi connectivity index (χ2n) is 7.60. The van der Waals surface area contributed by atoms with E-state index in [1.54, 1.807) is 0 Å². The van der Waals surface area contributed by atoms with Crippen molar-refractivity contribution in [2.75, 3.05) is 6.26 Å². The Morgan fingerprint density at radius 2 is 1.73 bits per heavy atom. The van der Waals surface area contributed by atoms with Gasteiger partial charge in [-0.1, -0.05) is 12.1 Å². The van der Waals surface area contributed by atoms with E-state index in [0.29, 0.717) is 6.20 Å². The fraction of sp³-hybridized carbons (Fsp3) is 0.182. The van der Waals surface area contributed by atoms with Gasteiger partial charge in [-0.05, 0) is 47.0 Å². The van der Waals surface area contributed by atoms with Crippen molar-refractivity contribution >= 4 is 15.7 Å². The largest absolute Gasteiger partial charge is 0.417 e. The minimum Gasteiger partial charge on any atom is -0.328 e. The van der Waals surface area contributed by atoms with E-state index >= 15 is 0 Å². The molecule has 5 nitrogen and oxygen atoms in total. The van der Waals surface area contributed by atoms with Gasteiger partial charge in [-0.3, -0.25) is 9.78 Å². The normalized spacial score (nSPS) is 13.8. The molecule has 2 aromatic carbocycles. The molecule has 0 bridgehead atoms. The Balaban J connectivity index is 1.76. The molecule has 1 aliphatic rings. The lowest BCUT2D eigenvalue weighted by molar-refractivity contribution is -0.137. The van der Waals surface area contributed by atoms with Gasteiger partial charge in [0.15, 0.2) is 21.5 Å². The standard InChI is InChI=1S/C22H15F5N2O3S/c1-33(31,32)15-3-4-16(12-2-5-18(23)19(24)7-12)17(8-15)21(30)29-10-13-6-14(22(25,26)27)9-28-20(13)11-29/h2-9H,10-11H2,1H3. The highest BCUT2D eigenvalue weighted by molar-refractivity contribution is 7.90. The molecular formula is C22H15F5N2O3S. The molecule has 0 fully saturated rings. The highest BCUT2D eigenvalue weighted by atomic mass is 32.2. The number of aromatic nitrogens is 1. The van der Waals surface area contributed by atoms with E-state index < -0.39 is 39.1 Å². The summed E-state index contributed by atoms with van der Waals surface area (Å²) in [7, 11) is -3.71. The molecule has 0 saturated carbocycles. The van der Waals surface area contributed by atoms with Crippen LogP contribution in [0.15, 0.2) is 53.6 Å². The van der Waals surface area contributed by atoms with Crippen molar-refractivity contribution in [2.24, 2.45) is 0 Å². The molecule has 0 N–H and O–H groups in total. The van der Waals surface area contributed by atoms with E-state index in [1.165, 1.54) is 23.1 Å². The van der Waals surface area contributed by atoms with Crippen molar-refractivity contribution in [3.8, 4) is 11.1 Å². The maximum Gasteiger partial charge on any atom is 0.417 e. The lowest BCUT2D eigenvalue weighted by Gasteiger charge is -2.18. The lowest BCUT2D eigenvalue weighted by atomic mass is 9.98. The van der Waals surface area contributed by atoms with Crippen LogP contribution in [0.1, 0.15) is 27.2 Å². The minimum absolute atomic E-state index is 0.0906. The van der Waals surface area contributed by atoms with Crippen LogP contribution in [-0.4, -0.2) is 30.5 Å². The van der Waals surface area contributed by atoms with Crippen LogP contribution in [0.5, 0.6) is 0 Å². The SMILES string of the molecule is CS(=O)(=O)c1ccc(-c2ccc(F)c(F)c2)c(C(=O)N2Cc3cc(C(F)(F)F)cnc3C2)c1. The Kier molecular flexibility index (Phi) is 5.47. The summed E-state index contributed by atoms with van der Waals surface area (Å²) in [4.78, 5) is 18.2. The van der Waals surface area contributed by atoms with E-state index in [0.717, 1.165) is 30.5 Å². The van der Waals surface area contributed by atoms with Crippen LogP contribution in [0, 0.1) is 11.6 Å². The molecule has 0 spiro atoms. The van der Waals surface area contributed by atoms with Crippen LogP contribution < -0.4 is 0 Å². The molecule has 33 heavy (non-hydrogen) atoms. The molecule has 0 atom stereocenters. The third kappa shape index (κ3) is 4.45.